The highest BCUT2D eigenvalue weighted by molar-refractivity contribution is 5.97. The number of aromatic nitrogens is 5. The van der Waals surface area contributed by atoms with Crippen LogP contribution in [0.15, 0.2) is 77.9 Å². The fourth-order valence-electron chi connectivity index (χ4n) is 5.19. The van der Waals surface area contributed by atoms with Gasteiger partial charge in [0, 0.05) is 23.1 Å². The molecule has 6 aromatic rings. The van der Waals surface area contributed by atoms with Crippen molar-refractivity contribution >= 4 is 44.4 Å². The van der Waals surface area contributed by atoms with Crippen molar-refractivity contribution < 1.29 is 4.79 Å². The van der Waals surface area contributed by atoms with Crippen LogP contribution in [0.25, 0.3) is 44.4 Å². The number of aryl methyl sites for hydroxylation is 1. The second kappa shape index (κ2) is 7.39. The molecule has 8 heteroatoms. The number of hydrogen-bond donors (Lipinski definition) is 2. The molecule has 0 spiro atoms. The van der Waals surface area contributed by atoms with Crippen LogP contribution in [-0.2, 0) is 24.3 Å². The van der Waals surface area contributed by atoms with E-state index in [2.05, 4.69) is 21.4 Å². The lowest BCUT2D eigenvalue weighted by Gasteiger charge is -2.21. The second-order valence-corrected chi connectivity index (χ2v) is 8.77. The van der Waals surface area contributed by atoms with Crippen molar-refractivity contribution in [1.29, 1.82) is 0 Å². The maximum atomic E-state index is 13.3. The average Bonchev–Trinajstić information content (AvgIpc) is 3.47. The number of para-hydroxylation sites is 2. The first-order chi connectivity index (χ1) is 17.2. The van der Waals surface area contributed by atoms with Crippen LogP contribution >= 0.6 is 0 Å². The van der Waals surface area contributed by atoms with Crippen molar-refractivity contribution in [3.8, 4) is 11.5 Å². The van der Waals surface area contributed by atoms with Gasteiger partial charge in [0.25, 0.3) is 5.56 Å². The molecule has 0 aliphatic carbocycles. The highest BCUT2D eigenvalue weighted by Gasteiger charge is 2.28. The van der Waals surface area contributed by atoms with Crippen LogP contribution < -0.4 is 10.9 Å². The van der Waals surface area contributed by atoms with E-state index in [1.54, 1.807) is 10.9 Å². The fourth-order valence-corrected chi connectivity index (χ4v) is 5.19. The summed E-state index contributed by atoms with van der Waals surface area (Å²) in [6.07, 6.45) is 2.33. The van der Waals surface area contributed by atoms with E-state index in [9.17, 15) is 9.59 Å². The van der Waals surface area contributed by atoms with Crippen LogP contribution in [0.2, 0.25) is 0 Å². The summed E-state index contributed by atoms with van der Waals surface area (Å²) in [5, 5.41) is 4.69. The maximum absolute atomic E-state index is 13.3. The zero-order valence-electron chi connectivity index (χ0n) is 18.7. The number of aromatic amines is 1. The Hall–Kier alpha value is -4.72. The van der Waals surface area contributed by atoms with Crippen molar-refractivity contribution in [3.63, 3.8) is 0 Å². The quantitative estimate of drug-likeness (QED) is 0.416. The highest BCUT2D eigenvalue weighted by Crippen LogP contribution is 2.36. The van der Waals surface area contributed by atoms with Gasteiger partial charge < -0.3 is 14.9 Å². The molecule has 3 aromatic carbocycles. The zero-order chi connectivity index (χ0) is 23.5. The fraction of sp³-hybridized carbons (Fsp3) is 0.111. The number of nitrogens with one attached hydrogen (secondary N) is 2. The summed E-state index contributed by atoms with van der Waals surface area (Å²) >= 11 is 0. The van der Waals surface area contributed by atoms with Crippen LogP contribution in [0.5, 0.6) is 0 Å². The standard InChI is InChI=1S/C27H20N6O2/c34-24(30-16-9-10-21-22(13-16)29-15-28-21)14-33-23-8-4-2-5-17(23)18-11-12-32-26(25(18)33)31-20-7-3-1-6-19(20)27(32)35/h1-10,13,15H,11-12,14H2,(H,28,29)(H,30,34). The number of anilines is 1. The molecular weight excluding hydrogens is 440 g/mol. The van der Waals surface area contributed by atoms with Crippen molar-refractivity contribution in [1.82, 2.24) is 24.1 Å². The molecule has 8 nitrogen and oxygen atoms in total. The molecule has 0 fully saturated rings. The zero-order valence-corrected chi connectivity index (χ0v) is 18.7. The highest BCUT2D eigenvalue weighted by atomic mass is 16.2. The normalized spacial score (nSPS) is 12.7. The van der Waals surface area contributed by atoms with E-state index in [4.69, 9.17) is 4.98 Å². The van der Waals surface area contributed by atoms with E-state index in [-0.39, 0.29) is 18.0 Å². The average molecular weight is 460 g/mol. The number of benzene rings is 3. The molecule has 0 bridgehead atoms. The minimum absolute atomic E-state index is 0.0506. The number of rotatable bonds is 3. The van der Waals surface area contributed by atoms with E-state index in [0.717, 1.165) is 33.2 Å². The summed E-state index contributed by atoms with van der Waals surface area (Å²) in [7, 11) is 0. The molecule has 7 rings (SSSR count). The Morgan fingerprint density at radius 3 is 2.74 bits per heavy atom. The Balaban J connectivity index is 1.36. The van der Waals surface area contributed by atoms with Crippen molar-refractivity contribution in [2.45, 2.75) is 19.5 Å². The number of fused-ring (bicyclic) bond motifs is 7. The number of nitrogens with zero attached hydrogens (tertiary/aromatic N) is 4. The topological polar surface area (TPSA) is 97.6 Å². The molecule has 4 heterocycles. The predicted molar refractivity (Wildman–Crippen MR) is 135 cm³/mol. The maximum Gasteiger partial charge on any atom is 0.261 e. The van der Waals surface area contributed by atoms with Crippen molar-refractivity contribution in [2.24, 2.45) is 0 Å². The third kappa shape index (κ3) is 3.00. The number of carbonyl (C=O) groups is 1. The third-order valence-corrected chi connectivity index (χ3v) is 6.74. The summed E-state index contributed by atoms with van der Waals surface area (Å²) in [5.41, 5.74) is 5.90. The van der Waals surface area contributed by atoms with Gasteiger partial charge in [-0.05, 0) is 48.4 Å². The van der Waals surface area contributed by atoms with Gasteiger partial charge in [-0.3, -0.25) is 14.2 Å². The molecule has 0 radical (unpaired) electrons. The molecular formula is C27H20N6O2. The molecule has 2 N–H and O–H groups in total. The van der Waals surface area contributed by atoms with Gasteiger partial charge in [0.05, 0.1) is 34.0 Å². The van der Waals surface area contributed by atoms with Gasteiger partial charge in [0.15, 0.2) is 5.82 Å². The Labute approximate surface area is 198 Å². The van der Waals surface area contributed by atoms with Gasteiger partial charge in [0.2, 0.25) is 5.91 Å². The summed E-state index contributed by atoms with van der Waals surface area (Å²) in [6, 6.07) is 21.0. The van der Waals surface area contributed by atoms with Gasteiger partial charge in [-0.15, -0.1) is 0 Å². The van der Waals surface area contributed by atoms with E-state index < -0.39 is 0 Å². The van der Waals surface area contributed by atoms with Gasteiger partial charge in [0.1, 0.15) is 6.54 Å². The van der Waals surface area contributed by atoms with Gasteiger partial charge in [-0.2, -0.15) is 0 Å². The molecule has 0 saturated carbocycles. The Bertz CT molecular complexity index is 1860. The number of carbonyl (C=O) groups excluding carboxylic acids is 1. The third-order valence-electron chi connectivity index (χ3n) is 6.74. The van der Waals surface area contributed by atoms with Gasteiger partial charge in [-0.25, -0.2) is 9.97 Å². The minimum Gasteiger partial charge on any atom is -0.345 e. The molecule has 35 heavy (non-hydrogen) atoms. The van der Waals surface area contributed by atoms with Crippen LogP contribution in [-0.4, -0.2) is 30.0 Å². The van der Waals surface area contributed by atoms with Crippen molar-refractivity contribution in [3.05, 3.63) is 89.0 Å². The first kappa shape index (κ1) is 19.7. The molecule has 0 saturated heterocycles. The van der Waals surface area contributed by atoms with E-state index in [1.165, 1.54) is 0 Å². The van der Waals surface area contributed by atoms with E-state index >= 15 is 0 Å². The number of amides is 1. The SMILES string of the molecule is O=C(Cn1c2c(c3ccccc31)CCn1c-2nc2ccccc2c1=O)Nc1ccc2nc[nH]c2c1. The van der Waals surface area contributed by atoms with E-state index in [0.29, 0.717) is 35.4 Å². The largest absolute Gasteiger partial charge is 0.345 e. The summed E-state index contributed by atoms with van der Waals surface area (Å²) < 4.78 is 3.73. The number of imidazole rings is 1. The lowest BCUT2D eigenvalue weighted by Crippen LogP contribution is -2.29. The first-order valence-corrected chi connectivity index (χ1v) is 11.5. The van der Waals surface area contributed by atoms with Crippen LogP contribution in [0.3, 0.4) is 0 Å². The van der Waals surface area contributed by atoms with Gasteiger partial charge >= 0.3 is 0 Å². The lowest BCUT2D eigenvalue weighted by molar-refractivity contribution is -0.116. The number of hydrogen-bond acceptors (Lipinski definition) is 4. The summed E-state index contributed by atoms with van der Waals surface area (Å²) in [6.45, 7) is 0.656. The Kier molecular flexibility index (Phi) is 4.17. The van der Waals surface area contributed by atoms with Crippen molar-refractivity contribution in [2.75, 3.05) is 5.32 Å². The molecule has 1 amide bonds. The summed E-state index contributed by atoms with van der Waals surface area (Å²) in [4.78, 5) is 38.7. The monoisotopic (exact) mass is 460 g/mol. The molecule has 0 atom stereocenters. The lowest BCUT2D eigenvalue weighted by atomic mass is 10.0. The Morgan fingerprint density at radius 2 is 1.83 bits per heavy atom. The van der Waals surface area contributed by atoms with E-state index in [1.807, 2.05) is 65.2 Å². The van der Waals surface area contributed by atoms with Crippen LogP contribution in [0.1, 0.15) is 5.56 Å². The molecule has 3 aromatic heterocycles. The molecule has 1 aliphatic rings. The molecule has 1 aliphatic heterocycles. The first-order valence-electron chi connectivity index (χ1n) is 11.5. The number of H-pyrrole nitrogens is 1. The van der Waals surface area contributed by atoms with Gasteiger partial charge in [-0.1, -0.05) is 30.3 Å². The molecule has 0 unspecified atom stereocenters. The van der Waals surface area contributed by atoms with Crippen LogP contribution in [0, 0.1) is 0 Å². The minimum atomic E-state index is -0.160. The Morgan fingerprint density at radius 1 is 1.00 bits per heavy atom. The summed E-state index contributed by atoms with van der Waals surface area (Å²) in [5.74, 6) is 0.450. The second-order valence-electron chi connectivity index (χ2n) is 8.77. The smallest absolute Gasteiger partial charge is 0.261 e. The van der Waals surface area contributed by atoms with Crippen LogP contribution in [0.4, 0.5) is 5.69 Å². The molecule has 170 valence electrons. The predicted octanol–water partition coefficient (Wildman–Crippen LogP) is 4.09.